The van der Waals surface area contributed by atoms with Gasteiger partial charge in [-0.3, -0.25) is 9.52 Å². The fourth-order valence-electron chi connectivity index (χ4n) is 1.62. The molecule has 5 nitrogen and oxygen atoms in total. The molecule has 0 amide bonds. The lowest BCUT2D eigenvalue weighted by Gasteiger charge is -2.23. The van der Waals surface area contributed by atoms with Crippen LogP contribution >= 0.6 is 0 Å². The Labute approximate surface area is 118 Å². The van der Waals surface area contributed by atoms with Crippen molar-refractivity contribution < 1.29 is 22.3 Å². The number of sulfonamides is 1. The van der Waals surface area contributed by atoms with Crippen molar-refractivity contribution in [2.24, 2.45) is 0 Å². The molecule has 0 aromatic heterocycles. The van der Waals surface area contributed by atoms with Crippen molar-refractivity contribution >= 4 is 21.7 Å². The number of benzene rings is 1. The zero-order valence-corrected chi connectivity index (χ0v) is 12.7. The molecule has 0 aliphatic carbocycles. The first-order valence-corrected chi connectivity index (χ1v) is 7.92. The van der Waals surface area contributed by atoms with Crippen LogP contribution in [0.25, 0.3) is 0 Å². The van der Waals surface area contributed by atoms with Gasteiger partial charge in [0.05, 0.1) is 24.0 Å². The summed E-state index contributed by atoms with van der Waals surface area (Å²) in [4.78, 5) is 11.8. The van der Waals surface area contributed by atoms with Gasteiger partial charge in [0.2, 0.25) is 10.0 Å². The number of nitrogens with one attached hydrogen (secondary N) is 1. The average Bonchev–Trinajstić information content (AvgIpc) is 2.30. The van der Waals surface area contributed by atoms with Crippen LogP contribution in [0.3, 0.4) is 0 Å². The number of halogens is 1. The first-order chi connectivity index (χ1) is 9.08. The first kappa shape index (κ1) is 16.4. The Kier molecular flexibility index (Phi) is 4.75. The van der Waals surface area contributed by atoms with E-state index in [2.05, 4.69) is 4.72 Å². The zero-order chi connectivity index (χ0) is 15.6. The Balaban J connectivity index is 3.12. The van der Waals surface area contributed by atoms with Crippen molar-refractivity contribution in [3.63, 3.8) is 0 Å². The predicted molar refractivity (Wildman–Crippen MR) is 74.5 cm³/mol. The molecule has 112 valence electrons. The smallest absolute Gasteiger partial charge is 0.315 e. The van der Waals surface area contributed by atoms with E-state index in [1.54, 1.807) is 20.8 Å². The van der Waals surface area contributed by atoms with E-state index in [9.17, 15) is 17.6 Å². The van der Waals surface area contributed by atoms with Gasteiger partial charge in [-0.2, -0.15) is 0 Å². The van der Waals surface area contributed by atoms with Crippen LogP contribution in [0, 0.1) is 5.82 Å². The van der Waals surface area contributed by atoms with Gasteiger partial charge in [-0.05, 0) is 38.5 Å². The van der Waals surface area contributed by atoms with Gasteiger partial charge in [0.15, 0.2) is 0 Å². The topological polar surface area (TPSA) is 72.5 Å². The monoisotopic (exact) mass is 303 g/mol. The zero-order valence-electron chi connectivity index (χ0n) is 11.9. The summed E-state index contributed by atoms with van der Waals surface area (Å²) < 4.78 is 43.0. The minimum atomic E-state index is -3.55. The quantitative estimate of drug-likeness (QED) is 0.845. The number of hydrogen-bond acceptors (Lipinski definition) is 4. The summed E-state index contributed by atoms with van der Waals surface area (Å²) in [5.74, 6) is -1.21. The van der Waals surface area contributed by atoms with Crippen LogP contribution in [-0.4, -0.2) is 27.2 Å². The molecule has 1 rings (SSSR count). The molecule has 1 aromatic carbocycles. The molecule has 7 heteroatoms. The number of anilines is 1. The molecule has 0 spiro atoms. The van der Waals surface area contributed by atoms with E-state index in [4.69, 9.17) is 4.74 Å². The normalized spacial score (nSPS) is 12.1. The number of esters is 1. The van der Waals surface area contributed by atoms with E-state index in [-0.39, 0.29) is 12.3 Å². The predicted octanol–water partition coefficient (Wildman–Crippen LogP) is 2.04. The van der Waals surface area contributed by atoms with Crippen molar-refractivity contribution in [2.75, 3.05) is 17.6 Å². The molecule has 0 aliphatic heterocycles. The summed E-state index contributed by atoms with van der Waals surface area (Å²) in [6.07, 6.45) is 0.933. The number of carbonyl (C=O) groups is 1. The van der Waals surface area contributed by atoms with Gasteiger partial charge >= 0.3 is 5.97 Å². The lowest BCUT2D eigenvalue weighted by Crippen LogP contribution is -2.31. The molecule has 0 atom stereocenters. The van der Waals surface area contributed by atoms with Gasteiger partial charge in [0.25, 0.3) is 0 Å². The molecule has 0 bridgehead atoms. The van der Waals surface area contributed by atoms with Crippen LogP contribution in [-0.2, 0) is 25.0 Å². The van der Waals surface area contributed by atoms with Crippen LogP contribution in [0.2, 0.25) is 0 Å². The fraction of sp³-hybridized carbons (Fsp3) is 0.462. The third kappa shape index (κ3) is 3.93. The van der Waals surface area contributed by atoms with Gasteiger partial charge in [0, 0.05) is 0 Å². The number of ether oxygens (including phenoxy) is 1. The SMILES string of the molecule is CCOC(=O)C(C)(C)c1ccc(NS(C)(=O)=O)c(F)c1. The van der Waals surface area contributed by atoms with Crippen LogP contribution < -0.4 is 4.72 Å². The Morgan fingerprint density at radius 3 is 2.45 bits per heavy atom. The highest BCUT2D eigenvalue weighted by molar-refractivity contribution is 7.92. The Morgan fingerprint density at radius 2 is 2.00 bits per heavy atom. The maximum Gasteiger partial charge on any atom is 0.315 e. The second-order valence-corrected chi connectivity index (χ2v) is 6.66. The molecule has 0 saturated heterocycles. The molecule has 0 fully saturated rings. The minimum Gasteiger partial charge on any atom is -0.465 e. The summed E-state index contributed by atoms with van der Waals surface area (Å²) in [6, 6.07) is 3.91. The van der Waals surface area contributed by atoms with Gasteiger partial charge in [0.1, 0.15) is 5.82 Å². The highest BCUT2D eigenvalue weighted by Gasteiger charge is 2.32. The largest absolute Gasteiger partial charge is 0.465 e. The minimum absolute atomic E-state index is 0.157. The molecular formula is C13H18FNO4S. The lowest BCUT2D eigenvalue weighted by molar-refractivity contribution is -0.148. The second-order valence-electron chi connectivity index (χ2n) is 4.91. The molecule has 0 saturated carbocycles. The van der Waals surface area contributed by atoms with Gasteiger partial charge in [-0.25, -0.2) is 12.8 Å². The van der Waals surface area contributed by atoms with E-state index in [1.807, 2.05) is 0 Å². The lowest BCUT2D eigenvalue weighted by atomic mass is 9.84. The fourth-order valence-corrected chi connectivity index (χ4v) is 2.18. The van der Waals surface area contributed by atoms with E-state index >= 15 is 0 Å². The third-order valence-electron chi connectivity index (χ3n) is 2.77. The van der Waals surface area contributed by atoms with Crippen molar-refractivity contribution in [2.45, 2.75) is 26.2 Å². The Morgan fingerprint density at radius 1 is 1.40 bits per heavy atom. The summed E-state index contributed by atoms with van der Waals surface area (Å²) in [5, 5.41) is 0. The average molecular weight is 303 g/mol. The molecule has 0 aliphatic rings. The van der Waals surface area contributed by atoms with E-state index < -0.39 is 27.2 Å². The number of carbonyl (C=O) groups excluding carboxylic acids is 1. The standard InChI is InChI=1S/C13H18FNO4S/c1-5-19-12(16)13(2,3)9-6-7-11(10(14)8-9)15-20(4,17)18/h6-8,15H,5H2,1-4H3. The van der Waals surface area contributed by atoms with Gasteiger partial charge < -0.3 is 4.74 Å². The molecule has 0 heterocycles. The maximum absolute atomic E-state index is 13.9. The molecule has 0 unspecified atom stereocenters. The van der Waals surface area contributed by atoms with Crippen LogP contribution in [0.5, 0.6) is 0 Å². The Bertz CT molecular complexity index is 611. The highest BCUT2D eigenvalue weighted by Crippen LogP contribution is 2.28. The molecular weight excluding hydrogens is 285 g/mol. The summed E-state index contributed by atoms with van der Waals surface area (Å²) >= 11 is 0. The van der Waals surface area contributed by atoms with Crippen molar-refractivity contribution in [3.05, 3.63) is 29.6 Å². The van der Waals surface area contributed by atoms with Crippen molar-refractivity contribution in [3.8, 4) is 0 Å². The van der Waals surface area contributed by atoms with Gasteiger partial charge in [-0.15, -0.1) is 0 Å². The summed E-state index contributed by atoms with van der Waals surface area (Å²) in [7, 11) is -3.55. The highest BCUT2D eigenvalue weighted by atomic mass is 32.2. The van der Waals surface area contributed by atoms with E-state index in [1.165, 1.54) is 12.1 Å². The van der Waals surface area contributed by atoms with Crippen molar-refractivity contribution in [1.29, 1.82) is 0 Å². The van der Waals surface area contributed by atoms with Crippen LogP contribution in [0.4, 0.5) is 10.1 Å². The second kappa shape index (κ2) is 5.78. The van der Waals surface area contributed by atoms with E-state index in [0.29, 0.717) is 5.56 Å². The maximum atomic E-state index is 13.9. The van der Waals surface area contributed by atoms with Crippen LogP contribution in [0.1, 0.15) is 26.3 Å². The molecule has 20 heavy (non-hydrogen) atoms. The number of rotatable bonds is 5. The van der Waals surface area contributed by atoms with Gasteiger partial charge in [-0.1, -0.05) is 6.07 Å². The summed E-state index contributed by atoms with van der Waals surface area (Å²) in [5.41, 5.74) is -0.760. The van der Waals surface area contributed by atoms with Crippen LogP contribution in [0.15, 0.2) is 18.2 Å². The first-order valence-electron chi connectivity index (χ1n) is 6.03. The van der Waals surface area contributed by atoms with E-state index in [0.717, 1.165) is 12.3 Å². The number of hydrogen-bond donors (Lipinski definition) is 1. The Hall–Kier alpha value is -1.63. The molecule has 1 aromatic rings. The van der Waals surface area contributed by atoms with Crippen molar-refractivity contribution in [1.82, 2.24) is 0 Å². The molecule has 1 N–H and O–H groups in total. The molecule has 0 radical (unpaired) electrons. The summed E-state index contributed by atoms with van der Waals surface area (Å²) in [6.45, 7) is 5.15. The third-order valence-corrected chi connectivity index (χ3v) is 3.36.